The number of rotatable bonds is 13. The van der Waals surface area contributed by atoms with E-state index >= 15 is 0 Å². The highest BCUT2D eigenvalue weighted by Gasteiger charge is 2.37. The Morgan fingerprint density at radius 2 is 1.78 bits per heavy atom. The van der Waals surface area contributed by atoms with Gasteiger partial charge in [0.1, 0.15) is 25.6 Å². The topological polar surface area (TPSA) is 121 Å². The van der Waals surface area contributed by atoms with Crippen LogP contribution in [0.2, 0.25) is 0 Å². The van der Waals surface area contributed by atoms with Gasteiger partial charge in [0.25, 0.3) is 0 Å². The van der Waals surface area contributed by atoms with E-state index < -0.39 is 30.6 Å². The van der Waals surface area contributed by atoms with Crippen LogP contribution in [0.3, 0.4) is 0 Å². The second-order valence-electron chi connectivity index (χ2n) is 10.1. The van der Waals surface area contributed by atoms with Gasteiger partial charge in [-0.25, -0.2) is 9.78 Å². The maximum Gasteiger partial charge on any atom is 0.410 e. The van der Waals surface area contributed by atoms with Crippen molar-refractivity contribution in [3.05, 3.63) is 95.7 Å². The number of anilines is 1. The fourth-order valence-corrected chi connectivity index (χ4v) is 4.66. The molecular formula is C31H36N4O6. The number of aromatic nitrogens is 1. The highest BCUT2D eigenvalue weighted by molar-refractivity contribution is 5.82. The Balaban J connectivity index is 1.34. The average molecular weight is 561 g/mol. The maximum absolute atomic E-state index is 13.1. The lowest BCUT2D eigenvalue weighted by atomic mass is 10.1. The van der Waals surface area contributed by atoms with Crippen LogP contribution in [0, 0.1) is 6.92 Å². The number of aryl methyl sites for hydroxylation is 1. The molecule has 1 fully saturated rings. The molecule has 2 unspecified atom stereocenters. The van der Waals surface area contributed by atoms with Gasteiger partial charge in [0, 0.05) is 19.3 Å². The number of nitrogens with zero attached hydrogens (tertiary/aromatic N) is 3. The van der Waals surface area contributed by atoms with E-state index in [1.54, 1.807) is 11.1 Å². The Hall–Kier alpha value is -4.44. The maximum atomic E-state index is 13.1. The SMILES string of the molecule is Cc1ccc(CCN(CC(=O)O)C(=O)COC2CC(CNc3ccccn3)N(C(=O)OCc3ccccc3)C2)cc1. The summed E-state index contributed by atoms with van der Waals surface area (Å²) in [4.78, 5) is 44.7. The standard InChI is InChI=1S/C31H36N4O6/c1-23-10-12-24(13-11-23)14-16-34(20-30(37)38)29(36)22-40-27-17-26(18-33-28-9-5-6-15-32-28)35(19-27)31(39)41-21-25-7-3-2-4-8-25/h2-13,15,26-27H,14,16-22H2,1H3,(H,32,33)(H,37,38). The monoisotopic (exact) mass is 560 g/mol. The summed E-state index contributed by atoms with van der Waals surface area (Å²) in [5.74, 6) is -0.813. The summed E-state index contributed by atoms with van der Waals surface area (Å²) in [5.41, 5.74) is 3.03. The van der Waals surface area contributed by atoms with Gasteiger partial charge in [0.05, 0.1) is 18.7 Å². The third-order valence-electron chi connectivity index (χ3n) is 6.91. The van der Waals surface area contributed by atoms with Gasteiger partial charge in [0.15, 0.2) is 0 Å². The van der Waals surface area contributed by atoms with E-state index in [1.165, 1.54) is 4.90 Å². The van der Waals surface area contributed by atoms with Crippen molar-refractivity contribution in [2.75, 3.05) is 38.1 Å². The number of ether oxygens (including phenoxy) is 2. The molecule has 41 heavy (non-hydrogen) atoms. The van der Waals surface area contributed by atoms with Crippen molar-refractivity contribution in [1.82, 2.24) is 14.8 Å². The molecule has 1 aromatic heterocycles. The zero-order chi connectivity index (χ0) is 29.0. The summed E-state index contributed by atoms with van der Waals surface area (Å²) in [6.07, 6.45) is 1.82. The van der Waals surface area contributed by atoms with Crippen molar-refractivity contribution in [2.24, 2.45) is 0 Å². The lowest BCUT2D eigenvalue weighted by molar-refractivity contribution is -0.147. The Bertz CT molecular complexity index is 1270. The molecule has 2 atom stereocenters. The van der Waals surface area contributed by atoms with Gasteiger partial charge in [-0.3, -0.25) is 9.59 Å². The normalized spacial score (nSPS) is 16.3. The summed E-state index contributed by atoms with van der Waals surface area (Å²) in [7, 11) is 0. The summed E-state index contributed by atoms with van der Waals surface area (Å²) in [5, 5.41) is 12.6. The molecule has 0 saturated carbocycles. The quantitative estimate of drug-likeness (QED) is 0.324. The number of carboxylic acid groups (broad SMARTS) is 1. The van der Waals surface area contributed by atoms with Crippen LogP contribution < -0.4 is 5.32 Å². The van der Waals surface area contributed by atoms with Crippen LogP contribution in [0.1, 0.15) is 23.1 Å². The minimum absolute atomic E-state index is 0.145. The Morgan fingerprint density at radius 3 is 2.49 bits per heavy atom. The summed E-state index contributed by atoms with van der Waals surface area (Å²) in [6, 6.07) is 22.6. The molecule has 0 radical (unpaired) electrons. The summed E-state index contributed by atoms with van der Waals surface area (Å²) >= 11 is 0. The number of likely N-dealkylation sites (tertiary alicyclic amines) is 1. The third-order valence-corrected chi connectivity index (χ3v) is 6.91. The molecule has 10 nitrogen and oxygen atoms in total. The van der Waals surface area contributed by atoms with Gasteiger partial charge in [-0.15, -0.1) is 0 Å². The molecule has 2 amide bonds. The first-order valence-corrected chi connectivity index (χ1v) is 13.7. The van der Waals surface area contributed by atoms with E-state index in [0.717, 1.165) is 16.7 Å². The van der Waals surface area contributed by atoms with Gasteiger partial charge in [0.2, 0.25) is 5.91 Å². The number of amides is 2. The van der Waals surface area contributed by atoms with Crippen LogP contribution in [-0.4, -0.2) is 82.8 Å². The number of benzene rings is 2. The Labute approximate surface area is 239 Å². The lowest BCUT2D eigenvalue weighted by Gasteiger charge is -2.24. The first kappa shape index (κ1) is 29.5. The third kappa shape index (κ3) is 9.32. The van der Waals surface area contributed by atoms with E-state index in [4.69, 9.17) is 9.47 Å². The predicted octanol–water partition coefficient (Wildman–Crippen LogP) is 3.75. The number of nitrogens with one attached hydrogen (secondary N) is 1. The first-order valence-electron chi connectivity index (χ1n) is 13.7. The lowest BCUT2D eigenvalue weighted by Crippen LogP contribution is -2.41. The Morgan fingerprint density at radius 1 is 1.02 bits per heavy atom. The average Bonchev–Trinajstić information content (AvgIpc) is 3.40. The smallest absolute Gasteiger partial charge is 0.410 e. The van der Waals surface area contributed by atoms with Crippen molar-refractivity contribution in [3.63, 3.8) is 0 Å². The van der Waals surface area contributed by atoms with E-state index in [0.29, 0.717) is 25.2 Å². The molecule has 216 valence electrons. The molecule has 1 aliphatic heterocycles. The Kier molecular flexibility index (Phi) is 10.7. The fourth-order valence-electron chi connectivity index (χ4n) is 4.66. The number of carboxylic acids is 1. The number of carbonyl (C=O) groups is 3. The van der Waals surface area contributed by atoms with Crippen molar-refractivity contribution in [1.29, 1.82) is 0 Å². The van der Waals surface area contributed by atoms with E-state index in [2.05, 4.69) is 10.3 Å². The van der Waals surface area contributed by atoms with Crippen LogP contribution in [-0.2, 0) is 32.1 Å². The van der Waals surface area contributed by atoms with Crippen molar-refractivity contribution in [3.8, 4) is 0 Å². The van der Waals surface area contributed by atoms with Crippen molar-refractivity contribution < 1.29 is 29.0 Å². The highest BCUT2D eigenvalue weighted by Crippen LogP contribution is 2.23. The molecule has 0 aliphatic carbocycles. The van der Waals surface area contributed by atoms with Crippen molar-refractivity contribution >= 4 is 23.8 Å². The minimum atomic E-state index is -1.09. The molecule has 0 bridgehead atoms. The molecule has 0 spiro atoms. The molecule has 10 heteroatoms. The number of pyridine rings is 1. The summed E-state index contributed by atoms with van der Waals surface area (Å²) < 4.78 is 11.5. The zero-order valence-electron chi connectivity index (χ0n) is 23.1. The van der Waals surface area contributed by atoms with Gasteiger partial charge in [-0.1, -0.05) is 66.2 Å². The molecule has 3 aromatic rings. The number of carbonyl (C=O) groups excluding carboxylic acids is 2. The molecule has 1 aliphatic rings. The number of hydrogen-bond acceptors (Lipinski definition) is 7. The van der Waals surface area contributed by atoms with E-state index in [9.17, 15) is 19.5 Å². The van der Waals surface area contributed by atoms with Crippen LogP contribution >= 0.6 is 0 Å². The fraction of sp³-hybridized carbons (Fsp3) is 0.355. The second-order valence-corrected chi connectivity index (χ2v) is 10.1. The van der Waals surface area contributed by atoms with Gasteiger partial charge < -0.3 is 29.7 Å². The molecule has 2 aromatic carbocycles. The number of aliphatic carboxylic acids is 1. The molecule has 1 saturated heterocycles. The molecular weight excluding hydrogens is 524 g/mol. The van der Waals surface area contributed by atoms with Gasteiger partial charge >= 0.3 is 12.1 Å². The predicted molar refractivity (Wildman–Crippen MR) is 153 cm³/mol. The van der Waals surface area contributed by atoms with Gasteiger partial charge in [-0.05, 0) is 43.0 Å². The largest absolute Gasteiger partial charge is 0.480 e. The highest BCUT2D eigenvalue weighted by atomic mass is 16.6. The zero-order valence-corrected chi connectivity index (χ0v) is 23.1. The van der Waals surface area contributed by atoms with Crippen LogP contribution in [0.15, 0.2) is 79.0 Å². The summed E-state index contributed by atoms with van der Waals surface area (Å²) in [6.45, 7) is 2.38. The molecule has 4 rings (SSSR count). The first-order chi connectivity index (χ1) is 19.9. The minimum Gasteiger partial charge on any atom is -0.480 e. The van der Waals surface area contributed by atoms with Crippen LogP contribution in [0.5, 0.6) is 0 Å². The van der Waals surface area contributed by atoms with Gasteiger partial charge in [-0.2, -0.15) is 0 Å². The second kappa shape index (κ2) is 14.8. The van der Waals surface area contributed by atoms with E-state index in [1.807, 2.05) is 79.7 Å². The molecule has 2 N–H and O–H groups in total. The van der Waals surface area contributed by atoms with Crippen LogP contribution in [0.4, 0.5) is 10.6 Å². The van der Waals surface area contributed by atoms with E-state index in [-0.39, 0.29) is 32.3 Å². The molecule has 2 heterocycles. The van der Waals surface area contributed by atoms with Crippen molar-refractivity contribution in [2.45, 2.75) is 38.5 Å². The number of hydrogen-bond donors (Lipinski definition) is 2. The van der Waals surface area contributed by atoms with Crippen LogP contribution in [0.25, 0.3) is 0 Å².